The van der Waals surface area contributed by atoms with Crippen LogP contribution in [-0.2, 0) is 53.0 Å². The molecule has 2 heterocycles. The van der Waals surface area contributed by atoms with Crippen LogP contribution in [0.3, 0.4) is 0 Å². The van der Waals surface area contributed by atoms with Gasteiger partial charge < -0.3 is 43.4 Å². The van der Waals surface area contributed by atoms with Crippen molar-refractivity contribution in [1.29, 1.82) is 0 Å². The standard InChI is InChI=1S/C39H52O9/c1-2-3-4-5-6-16-23-42-39-37(45-27-31-21-14-9-15-22-31)35(43-25-29-17-10-7-11-18-29)33(48-39)28-46-38-36(34(41)32(24-40)47-38)44-26-30-19-12-8-13-20-30/h7-15,17-22,32-41H,2-6,16,23-28H2,1H3/t32-,33?,34-,35-,36-,37-,38-,39+/m1/s1. The second-order valence-electron chi connectivity index (χ2n) is 12.5. The summed E-state index contributed by atoms with van der Waals surface area (Å²) < 4.78 is 44.2. The molecule has 48 heavy (non-hydrogen) atoms. The van der Waals surface area contributed by atoms with Crippen LogP contribution in [0.15, 0.2) is 91.0 Å². The molecule has 0 saturated carbocycles. The topological polar surface area (TPSA) is 105 Å². The molecule has 9 nitrogen and oxygen atoms in total. The lowest BCUT2D eigenvalue weighted by atomic mass is 10.1. The molecule has 2 N–H and O–H groups in total. The van der Waals surface area contributed by atoms with Crippen LogP contribution in [-0.4, -0.2) is 79.2 Å². The van der Waals surface area contributed by atoms with E-state index in [-0.39, 0.29) is 19.8 Å². The predicted molar refractivity (Wildman–Crippen MR) is 181 cm³/mol. The summed E-state index contributed by atoms with van der Waals surface area (Å²) in [6.07, 6.45) is 1.03. The van der Waals surface area contributed by atoms with Gasteiger partial charge in [0.2, 0.25) is 0 Å². The van der Waals surface area contributed by atoms with Crippen molar-refractivity contribution in [2.45, 2.75) is 114 Å². The van der Waals surface area contributed by atoms with E-state index in [1.165, 1.54) is 25.7 Å². The number of unbranched alkanes of at least 4 members (excludes halogenated alkanes) is 5. The highest BCUT2D eigenvalue weighted by atomic mass is 16.8. The molecule has 2 aliphatic heterocycles. The molecule has 3 aromatic carbocycles. The van der Waals surface area contributed by atoms with Crippen LogP contribution >= 0.6 is 0 Å². The number of hydrogen-bond donors (Lipinski definition) is 2. The Balaban J connectivity index is 1.28. The summed E-state index contributed by atoms with van der Waals surface area (Å²) in [5, 5.41) is 20.8. The summed E-state index contributed by atoms with van der Waals surface area (Å²) in [5.74, 6) is 0. The Hall–Kier alpha value is -2.70. The largest absolute Gasteiger partial charge is 0.394 e. The Morgan fingerprint density at radius 1 is 0.542 bits per heavy atom. The van der Waals surface area contributed by atoms with Crippen molar-refractivity contribution in [1.82, 2.24) is 0 Å². The minimum Gasteiger partial charge on any atom is -0.394 e. The van der Waals surface area contributed by atoms with Crippen molar-refractivity contribution < 1.29 is 43.4 Å². The van der Waals surface area contributed by atoms with Crippen LogP contribution in [0, 0.1) is 0 Å². The molecular formula is C39H52O9. The van der Waals surface area contributed by atoms with Gasteiger partial charge in [-0.3, -0.25) is 0 Å². The van der Waals surface area contributed by atoms with Gasteiger partial charge in [0.25, 0.3) is 0 Å². The van der Waals surface area contributed by atoms with Crippen molar-refractivity contribution in [2.24, 2.45) is 0 Å². The van der Waals surface area contributed by atoms with Crippen molar-refractivity contribution in [3.63, 3.8) is 0 Å². The molecule has 2 saturated heterocycles. The van der Waals surface area contributed by atoms with Gasteiger partial charge in [0.15, 0.2) is 12.6 Å². The summed E-state index contributed by atoms with van der Waals surface area (Å²) in [6.45, 7) is 3.46. The monoisotopic (exact) mass is 664 g/mol. The quantitative estimate of drug-likeness (QED) is 0.134. The lowest BCUT2D eigenvalue weighted by molar-refractivity contribution is -0.215. The van der Waals surface area contributed by atoms with Gasteiger partial charge in [-0.05, 0) is 23.1 Å². The van der Waals surface area contributed by atoms with E-state index in [0.29, 0.717) is 19.8 Å². The maximum Gasteiger partial charge on any atom is 0.187 e. The maximum atomic E-state index is 10.9. The first-order valence-corrected chi connectivity index (χ1v) is 17.5. The molecule has 3 aromatic rings. The summed E-state index contributed by atoms with van der Waals surface area (Å²) in [7, 11) is 0. The number of ether oxygens (including phenoxy) is 7. The second-order valence-corrected chi connectivity index (χ2v) is 12.5. The number of benzene rings is 3. The molecule has 8 atom stereocenters. The van der Waals surface area contributed by atoms with E-state index in [9.17, 15) is 10.2 Å². The summed E-state index contributed by atoms with van der Waals surface area (Å²) >= 11 is 0. The highest BCUT2D eigenvalue weighted by Gasteiger charge is 2.50. The van der Waals surface area contributed by atoms with E-state index < -0.39 is 49.2 Å². The van der Waals surface area contributed by atoms with E-state index in [4.69, 9.17) is 33.2 Å². The predicted octanol–water partition coefficient (Wildman–Crippen LogP) is 5.94. The van der Waals surface area contributed by atoms with Gasteiger partial charge in [-0.1, -0.05) is 130 Å². The van der Waals surface area contributed by atoms with Gasteiger partial charge >= 0.3 is 0 Å². The molecule has 0 spiro atoms. The summed E-state index contributed by atoms with van der Waals surface area (Å²) in [5.41, 5.74) is 3.02. The third kappa shape index (κ3) is 10.9. The first-order valence-electron chi connectivity index (χ1n) is 17.5. The zero-order chi connectivity index (χ0) is 33.4. The first kappa shape index (κ1) is 36.6. The summed E-state index contributed by atoms with van der Waals surface area (Å²) in [6, 6.07) is 29.7. The minimum atomic E-state index is -1.06. The van der Waals surface area contributed by atoms with Crippen molar-refractivity contribution >= 4 is 0 Å². The van der Waals surface area contributed by atoms with Crippen LogP contribution in [0.1, 0.15) is 62.1 Å². The maximum absolute atomic E-state index is 10.9. The van der Waals surface area contributed by atoms with Crippen molar-refractivity contribution in [2.75, 3.05) is 19.8 Å². The average molecular weight is 665 g/mol. The Labute approximate surface area is 285 Å². The molecule has 0 aliphatic carbocycles. The van der Waals surface area contributed by atoms with Crippen LogP contribution in [0.2, 0.25) is 0 Å². The fourth-order valence-electron chi connectivity index (χ4n) is 6.07. The highest BCUT2D eigenvalue weighted by Crippen LogP contribution is 2.32. The third-order valence-electron chi connectivity index (χ3n) is 8.80. The lowest BCUT2D eigenvalue weighted by Gasteiger charge is -2.26. The van der Waals surface area contributed by atoms with Gasteiger partial charge in [0.05, 0.1) is 33.0 Å². The fourth-order valence-corrected chi connectivity index (χ4v) is 6.07. The number of aliphatic hydroxyl groups is 2. The SMILES string of the molecule is CCCCCCCCO[C@H]1OC(CO[C@@H]2O[C@H](CO)[C@@H](O)[C@H]2OCc2ccccc2)[C@@H](OCc2ccccc2)[C@H]1OCc1ccccc1. The van der Waals surface area contributed by atoms with Gasteiger partial charge in [-0.15, -0.1) is 0 Å². The molecule has 262 valence electrons. The van der Waals surface area contributed by atoms with Crippen LogP contribution < -0.4 is 0 Å². The Bertz CT molecular complexity index is 1260. The molecule has 2 aliphatic rings. The molecule has 2 fully saturated rings. The van der Waals surface area contributed by atoms with Crippen molar-refractivity contribution in [3.05, 3.63) is 108 Å². The Morgan fingerprint density at radius 2 is 1.02 bits per heavy atom. The number of aliphatic hydroxyl groups excluding tert-OH is 2. The molecule has 0 bridgehead atoms. The number of rotatable bonds is 21. The first-order chi connectivity index (χ1) is 23.7. The zero-order valence-electron chi connectivity index (χ0n) is 28.0. The molecule has 9 heteroatoms. The zero-order valence-corrected chi connectivity index (χ0v) is 28.0. The second kappa shape index (κ2) is 20.1. The smallest absolute Gasteiger partial charge is 0.187 e. The molecule has 0 aromatic heterocycles. The average Bonchev–Trinajstić information content (AvgIpc) is 3.63. The molecule has 5 rings (SSSR count). The van der Waals surface area contributed by atoms with Gasteiger partial charge in [0, 0.05) is 6.61 Å². The van der Waals surface area contributed by atoms with E-state index in [2.05, 4.69) is 6.92 Å². The molecular weight excluding hydrogens is 612 g/mol. The van der Waals surface area contributed by atoms with Crippen molar-refractivity contribution in [3.8, 4) is 0 Å². The van der Waals surface area contributed by atoms with Crippen LogP contribution in [0.4, 0.5) is 0 Å². The van der Waals surface area contributed by atoms with Crippen LogP contribution in [0.25, 0.3) is 0 Å². The fraction of sp³-hybridized carbons (Fsp3) is 0.538. The van der Waals surface area contributed by atoms with Crippen LogP contribution in [0.5, 0.6) is 0 Å². The third-order valence-corrected chi connectivity index (χ3v) is 8.80. The van der Waals surface area contributed by atoms with Gasteiger partial charge in [-0.2, -0.15) is 0 Å². The van der Waals surface area contributed by atoms with E-state index >= 15 is 0 Å². The van der Waals surface area contributed by atoms with E-state index in [0.717, 1.165) is 29.5 Å². The lowest BCUT2D eigenvalue weighted by Crippen LogP contribution is -2.41. The van der Waals surface area contributed by atoms with Gasteiger partial charge in [-0.25, -0.2) is 0 Å². The minimum absolute atomic E-state index is 0.0717. The Kier molecular flexibility index (Phi) is 15.3. The summed E-state index contributed by atoms with van der Waals surface area (Å²) in [4.78, 5) is 0. The molecule has 1 unspecified atom stereocenters. The molecule has 0 radical (unpaired) electrons. The molecule has 0 amide bonds. The normalized spacial score (nSPS) is 27.1. The highest BCUT2D eigenvalue weighted by molar-refractivity contribution is 5.15. The van der Waals surface area contributed by atoms with E-state index in [1.807, 2.05) is 91.0 Å². The Morgan fingerprint density at radius 3 is 1.58 bits per heavy atom. The number of hydrogen-bond acceptors (Lipinski definition) is 9. The van der Waals surface area contributed by atoms with E-state index in [1.54, 1.807) is 0 Å². The van der Waals surface area contributed by atoms with Gasteiger partial charge in [0.1, 0.15) is 36.6 Å².